The van der Waals surface area contributed by atoms with Gasteiger partial charge in [-0.25, -0.2) is 9.97 Å². The lowest BCUT2D eigenvalue weighted by Crippen LogP contribution is -2.10. The molecule has 0 aliphatic heterocycles. The van der Waals surface area contributed by atoms with E-state index >= 15 is 0 Å². The lowest BCUT2D eigenvalue weighted by atomic mass is 9.87. The molecular weight excluding hydrogens is 222 g/mol. The maximum absolute atomic E-state index is 5.59. The molecular formula is C15H19N3. The monoisotopic (exact) mass is 241 g/mol. The van der Waals surface area contributed by atoms with Crippen LogP contribution in [0.3, 0.4) is 0 Å². The number of nitrogens with zero attached hydrogens (tertiary/aromatic N) is 2. The first-order valence-electron chi connectivity index (χ1n) is 6.13. The van der Waals surface area contributed by atoms with Crippen molar-refractivity contribution in [1.29, 1.82) is 0 Å². The summed E-state index contributed by atoms with van der Waals surface area (Å²) < 4.78 is 0. The molecule has 0 fully saturated rings. The molecule has 1 heterocycles. The zero-order valence-corrected chi connectivity index (χ0v) is 11.1. The van der Waals surface area contributed by atoms with E-state index in [1.165, 1.54) is 5.56 Å². The van der Waals surface area contributed by atoms with E-state index in [4.69, 9.17) is 5.73 Å². The van der Waals surface area contributed by atoms with Gasteiger partial charge in [-0.2, -0.15) is 0 Å². The third kappa shape index (κ3) is 2.74. The normalized spacial score (nSPS) is 11.6. The Morgan fingerprint density at radius 1 is 1.06 bits per heavy atom. The van der Waals surface area contributed by atoms with E-state index in [1.807, 2.05) is 6.07 Å². The van der Waals surface area contributed by atoms with Crippen LogP contribution in [0.4, 0.5) is 0 Å². The fourth-order valence-electron chi connectivity index (χ4n) is 1.77. The molecule has 0 saturated carbocycles. The highest BCUT2D eigenvalue weighted by atomic mass is 14.9. The molecule has 94 valence electrons. The molecule has 2 rings (SSSR count). The van der Waals surface area contributed by atoms with Crippen molar-refractivity contribution in [3.05, 3.63) is 47.8 Å². The zero-order chi connectivity index (χ0) is 13.2. The van der Waals surface area contributed by atoms with Crippen molar-refractivity contribution in [2.24, 2.45) is 5.73 Å². The lowest BCUT2D eigenvalue weighted by molar-refractivity contribution is 0.590. The van der Waals surface area contributed by atoms with E-state index in [0.717, 1.165) is 17.1 Å². The van der Waals surface area contributed by atoms with Gasteiger partial charge in [0.1, 0.15) is 0 Å². The highest BCUT2D eigenvalue weighted by Crippen LogP contribution is 2.24. The summed E-state index contributed by atoms with van der Waals surface area (Å²) in [5, 5.41) is 0. The molecule has 1 aromatic carbocycles. The Bertz CT molecular complexity index is 524. The third-order valence-corrected chi connectivity index (χ3v) is 2.93. The van der Waals surface area contributed by atoms with Crippen LogP contribution in [0.15, 0.2) is 36.5 Å². The molecule has 0 radical (unpaired) electrons. The Morgan fingerprint density at radius 2 is 1.72 bits per heavy atom. The molecule has 0 saturated heterocycles. The van der Waals surface area contributed by atoms with Crippen LogP contribution in [-0.2, 0) is 12.0 Å². The van der Waals surface area contributed by atoms with Gasteiger partial charge in [-0.05, 0) is 17.0 Å². The molecule has 1 aromatic heterocycles. The first-order chi connectivity index (χ1) is 8.50. The molecule has 0 atom stereocenters. The predicted molar refractivity (Wildman–Crippen MR) is 74.1 cm³/mol. The van der Waals surface area contributed by atoms with Crippen molar-refractivity contribution in [3.63, 3.8) is 0 Å². The highest BCUT2D eigenvalue weighted by Gasteiger charge is 2.13. The molecule has 0 aliphatic carbocycles. The third-order valence-electron chi connectivity index (χ3n) is 2.93. The smallest absolute Gasteiger partial charge is 0.159 e. The van der Waals surface area contributed by atoms with Gasteiger partial charge in [-0.3, -0.25) is 0 Å². The van der Waals surface area contributed by atoms with Crippen molar-refractivity contribution < 1.29 is 0 Å². The van der Waals surface area contributed by atoms with E-state index < -0.39 is 0 Å². The van der Waals surface area contributed by atoms with Crippen LogP contribution in [0, 0.1) is 0 Å². The van der Waals surface area contributed by atoms with Crippen molar-refractivity contribution in [2.45, 2.75) is 32.7 Å². The summed E-state index contributed by atoms with van der Waals surface area (Å²) in [6.45, 7) is 7.05. The number of aromatic nitrogens is 2. The first-order valence-corrected chi connectivity index (χ1v) is 6.13. The molecule has 0 bridgehead atoms. The molecule has 2 aromatic rings. The first kappa shape index (κ1) is 12.7. The second-order valence-corrected chi connectivity index (χ2v) is 5.40. The van der Waals surface area contributed by atoms with E-state index in [9.17, 15) is 0 Å². The van der Waals surface area contributed by atoms with Gasteiger partial charge < -0.3 is 5.73 Å². The second-order valence-electron chi connectivity index (χ2n) is 5.40. The average Bonchev–Trinajstić information content (AvgIpc) is 2.38. The van der Waals surface area contributed by atoms with E-state index in [0.29, 0.717) is 6.54 Å². The van der Waals surface area contributed by atoms with Gasteiger partial charge in [0.15, 0.2) is 5.82 Å². The van der Waals surface area contributed by atoms with Crippen molar-refractivity contribution in [3.8, 4) is 11.4 Å². The van der Waals surface area contributed by atoms with E-state index in [1.54, 1.807) is 6.20 Å². The van der Waals surface area contributed by atoms with Gasteiger partial charge in [0.25, 0.3) is 0 Å². The minimum Gasteiger partial charge on any atom is -0.325 e. The van der Waals surface area contributed by atoms with Crippen LogP contribution < -0.4 is 5.73 Å². The Kier molecular flexibility index (Phi) is 3.43. The molecule has 18 heavy (non-hydrogen) atoms. The summed E-state index contributed by atoms with van der Waals surface area (Å²) in [5.74, 6) is 0.735. The fraction of sp³-hybridized carbons (Fsp3) is 0.333. The second kappa shape index (κ2) is 4.86. The maximum atomic E-state index is 5.59. The van der Waals surface area contributed by atoms with E-state index in [2.05, 4.69) is 55.0 Å². The van der Waals surface area contributed by atoms with Gasteiger partial charge in [-0.15, -0.1) is 0 Å². The Labute approximate surface area is 108 Å². The predicted octanol–water partition coefficient (Wildman–Crippen LogP) is 2.90. The standard InChI is InChI=1S/C15H19N3/c1-15(2,3)12-6-4-11(5-7-12)14-17-9-8-13(10-16)18-14/h4-9H,10,16H2,1-3H3. The SMILES string of the molecule is CC(C)(C)c1ccc(-c2nccc(CN)n2)cc1. The van der Waals surface area contributed by atoms with Crippen LogP contribution in [0.1, 0.15) is 32.0 Å². The van der Waals surface area contributed by atoms with Crippen LogP contribution in [0.2, 0.25) is 0 Å². The summed E-state index contributed by atoms with van der Waals surface area (Å²) in [7, 11) is 0. The molecule has 0 aliphatic rings. The topological polar surface area (TPSA) is 51.8 Å². The van der Waals surface area contributed by atoms with Gasteiger partial charge in [0, 0.05) is 18.3 Å². The van der Waals surface area contributed by atoms with Crippen LogP contribution in [0.25, 0.3) is 11.4 Å². The van der Waals surface area contributed by atoms with Crippen LogP contribution in [0.5, 0.6) is 0 Å². The van der Waals surface area contributed by atoms with Gasteiger partial charge >= 0.3 is 0 Å². The lowest BCUT2D eigenvalue weighted by Gasteiger charge is -2.19. The summed E-state index contributed by atoms with van der Waals surface area (Å²) in [5.41, 5.74) is 8.95. The number of rotatable bonds is 2. The molecule has 0 amide bonds. The van der Waals surface area contributed by atoms with Crippen LogP contribution in [-0.4, -0.2) is 9.97 Å². The number of hydrogen-bond donors (Lipinski definition) is 1. The number of nitrogens with two attached hydrogens (primary N) is 1. The Hall–Kier alpha value is -1.74. The molecule has 3 heteroatoms. The average molecular weight is 241 g/mol. The fourth-order valence-corrected chi connectivity index (χ4v) is 1.77. The van der Waals surface area contributed by atoms with Crippen molar-refractivity contribution >= 4 is 0 Å². The number of hydrogen-bond acceptors (Lipinski definition) is 3. The Balaban J connectivity index is 2.34. The summed E-state index contributed by atoms with van der Waals surface area (Å²) in [6.07, 6.45) is 1.75. The summed E-state index contributed by atoms with van der Waals surface area (Å²) in [4.78, 5) is 8.70. The summed E-state index contributed by atoms with van der Waals surface area (Å²) >= 11 is 0. The molecule has 0 unspecified atom stereocenters. The maximum Gasteiger partial charge on any atom is 0.159 e. The quantitative estimate of drug-likeness (QED) is 0.879. The van der Waals surface area contributed by atoms with Crippen molar-refractivity contribution in [1.82, 2.24) is 9.97 Å². The minimum atomic E-state index is 0.165. The van der Waals surface area contributed by atoms with Crippen molar-refractivity contribution in [2.75, 3.05) is 0 Å². The molecule has 2 N–H and O–H groups in total. The molecule has 0 spiro atoms. The zero-order valence-electron chi connectivity index (χ0n) is 11.1. The largest absolute Gasteiger partial charge is 0.325 e. The number of benzene rings is 1. The highest BCUT2D eigenvalue weighted by molar-refractivity contribution is 5.55. The minimum absolute atomic E-state index is 0.165. The van der Waals surface area contributed by atoms with Crippen LogP contribution >= 0.6 is 0 Å². The van der Waals surface area contributed by atoms with Gasteiger partial charge in [0.2, 0.25) is 0 Å². The Morgan fingerprint density at radius 3 is 2.28 bits per heavy atom. The van der Waals surface area contributed by atoms with E-state index in [-0.39, 0.29) is 5.41 Å². The summed E-state index contributed by atoms with van der Waals surface area (Å²) in [6, 6.07) is 10.2. The molecule has 3 nitrogen and oxygen atoms in total. The van der Waals surface area contributed by atoms with Gasteiger partial charge in [-0.1, -0.05) is 45.0 Å². The van der Waals surface area contributed by atoms with Gasteiger partial charge in [0.05, 0.1) is 5.69 Å².